The molecule has 0 aliphatic heterocycles. The number of fused-ring (bicyclic) bond motifs is 1. The molecule has 162 valence electrons. The van der Waals surface area contributed by atoms with Crippen LogP contribution in [-0.2, 0) is 5.92 Å². The fourth-order valence-electron chi connectivity index (χ4n) is 4.35. The first-order valence-corrected chi connectivity index (χ1v) is 12.2. The smallest absolute Gasteiger partial charge is 0.341 e. The molecule has 0 aliphatic rings. The predicted molar refractivity (Wildman–Crippen MR) is 118 cm³/mol. The number of pyridine rings is 1. The van der Waals surface area contributed by atoms with Crippen molar-refractivity contribution in [3.8, 4) is 17.3 Å². The zero-order valence-electron chi connectivity index (χ0n) is 18.5. The summed E-state index contributed by atoms with van der Waals surface area (Å²) in [4.78, 5) is 15.4. The maximum atomic E-state index is 15.1. The van der Waals surface area contributed by atoms with E-state index in [4.69, 9.17) is 4.74 Å². The van der Waals surface area contributed by atoms with Crippen LogP contribution in [0.2, 0.25) is 16.6 Å². The van der Waals surface area contributed by atoms with Crippen molar-refractivity contribution in [2.45, 2.75) is 64.1 Å². The molecule has 1 heterocycles. The Morgan fingerprint density at radius 2 is 1.67 bits per heavy atom. The summed E-state index contributed by atoms with van der Waals surface area (Å²) in [6, 6.07) is 5.34. The Hall–Kier alpha value is -2.46. The third kappa shape index (κ3) is 4.34. The summed E-state index contributed by atoms with van der Waals surface area (Å²) in [7, 11) is -1.01. The van der Waals surface area contributed by atoms with Gasteiger partial charge < -0.3 is 9.84 Å². The summed E-state index contributed by atoms with van der Waals surface area (Å²) < 4.78 is 35.2. The van der Waals surface area contributed by atoms with Crippen LogP contribution in [0.5, 0.6) is 5.88 Å². The number of alkyl halides is 2. The highest BCUT2D eigenvalue weighted by molar-refractivity contribution is 6.90. The second kappa shape index (κ2) is 8.72. The van der Waals surface area contributed by atoms with E-state index in [1.165, 1.54) is 31.4 Å². The van der Waals surface area contributed by atoms with Crippen molar-refractivity contribution in [2.24, 2.45) is 0 Å². The van der Waals surface area contributed by atoms with Gasteiger partial charge in [-0.05, 0) is 34.7 Å². The molecule has 7 heteroatoms. The van der Waals surface area contributed by atoms with Crippen molar-refractivity contribution in [1.29, 1.82) is 0 Å². The van der Waals surface area contributed by atoms with E-state index in [0.29, 0.717) is 5.39 Å². The molecule has 2 rings (SSSR count). The molecular formula is C23H29F2NO3Si. The molecule has 0 atom stereocenters. The Balaban J connectivity index is 2.59. The molecule has 0 saturated heterocycles. The van der Waals surface area contributed by atoms with Crippen LogP contribution in [0.25, 0.3) is 10.9 Å². The second-order valence-corrected chi connectivity index (χ2v) is 14.1. The van der Waals surface area contributed by atoms with Crippen molar-refractivity contribution in [1.82, 2.24) is 4.98 Å². The van der Waals surface area contributed by atoms with Gasteiger partial charge in [-0.1, -0.05) is 53.7 Å². The first kappa shape index (κ1) is 23.8. The highest BCUT2D eigenvalue weighted by atomic mass is 28.3. The Morgan fingerprint density at radius 1 is 1.10 bits per heavy atom. The van der Waals surface area contributed by atoms with Gasteiger partial charge in [-0.25, -0.2) is 9.78 Å². The van der Waals surface area contributed by atoms with Crippen molar-refractivity contribution < 1.29 is 23.4 Å². The van der Waals surface area contributed by atoms with Crippen LogP contribution < -0.4 is 4.74 Å². The first-order chi connectivity index (χ1) is 13.9. The van der Waals surface area contributed by atoms with E-state index in [9.17, 15) is 9.90 Å². The fraction of sp³-hybridized carbons (Fsp3) is 0.478. The molecule has 0 radical (unpaired) electrons. The van der Waals surface area contributed by atoms with Crippen LogP contribution in [0, 0.1) is 11.5 Å². The van der Waals surface area contributed by atoms with E-state index >= 15 is 8.78 Å². The van der Waals surface area contributed by atoms with Gasteiger partial charge in [-0.2, -0.15) is 8.78 Å². The summed E-state index contributed by atoms with van der Waals surface area (Å²) in [6.07, 6.45) is 0. The molecule has 30 heavy (non-hydrogen) atoms. The predicted octanol–water partition coefficient (Wildman–Crippen LogP) is 6.25. The number of hydrogen-bond acceptors (Lipinski definition) is 3. The third-order valence-electron chi connectivity index (χ3n) is 5.87. The summed E-state index contributed by atoms with van der Waals surface area (Å²) in [6.45, 7) is 12.4. The second-order valence-electron chi connectivity index (χ2n) is 8.48. The maximum absolute atomic E-state index is 15.1. The van der Waals surface area contributed by atoms with E-state index in [1.54, 1.807) is 0 Å². The normalized spacial score (nSPS) is 12.4. The Labute approximate surface area is 177 Å². The molecule has 0 saturated carbocycles. The lowest BCUT2D eigenvalue weighted by molar-refractivity contribution is 0.0639. The fourth-order valence-corrected chi connectivity index (χ4v) is 9.58. The number of rotatable bonds is 6. The van der Waals surface area contributed by atoms with Gasteiger partial charge >= 0.3 is 11.9 Å². The molecule has 0 fully saturated rings. The molecule has 0 bridgehead atoms. The van der Waals surface area contributed by atoms with Gasteiger partial charge in [0.15, 0.2) is 0 Å². The summed E-state index contributed by atoms with van der Waals surface area (Å²) in [5.74, 6) is -2.35. The SMILES string of the molecule is COc1nc2cc(C(F)(F)C#C[Si](C(C)C)(C(C)C)C(C)C)ccc2cc1C(=O)O. The van der Waals surface area contributed by atoms with Crippen LogP contribution in [0.1, 0.15) is 57.5 Å². The molecule has 1 N–H and O–H groups in total. The van der Waals surface area contributed by atoms with E-state index in [2.05, 4.69) is 58.0 Å². The molecule has 4 nitrogen and oxygen atoms in total. The Morgan fingerprint density at radius 3 is 2.13 bits per heavy atom. The van der Waals surface area contributed by atoms with Gasteiger partial charge in [-0.3, -0.25) is 0 Å². The summed E-state index contributed by atoms with van der Waals surface area (Å²) >= 11 is 0. The number of carbonyl (C=O) groups is 1. The number of halogens is 2. The maximum Gasteiger partial charge on any atom is 0.341 e. The van der Waals surface area contributed by atoms with Crippen LogP contribution in [-0.4, -0.2) is 31.2 Å². The molecule has 0 unspecified atom stereocenters. The van der Waals surface area contributed by atoms with Gasteiger partial charge in [0.25, 0.3) is 0 Å². The highest BCUT2D eigenvalue weighted by Gasteiger charge is 2.42. The third-order valence-corrected chi connectivity index (χ3v) is 12.2. The highest BCUT2D eigenvalue weighted by Crippen LogP contribution is 2.41. The average Bonchev–Trinajstić information content (AvgIpc) is 2.65. The number of methoxy groups -OCH3 is 1. The molecule has 0 spiro atoms. The average molecular weight is 434 g/mol. The standard InChI is InChI=1S/C23H29F2NO3Si/c1-14(2)30(15(3)4,16(5)6)11-10-23(24,25)18-9-8-17-12-19(22(27)28)21(29-7)26-20(17)13-18/h8-9,12-16H,1-7H3,(H,27,28). The lowest BCUT2D eigenvalue weighted by Gasteiger charge is -2.38. The van der Waals surface area contributed by atoms with E-state index in [1.807, 2.05) is 0 Å². The van der Waals surface area contributed by atoms with Gasteiger partial charge in [-0.15, -0.1) is 5.54 Å². The number of benzene rings is 1. The van der Waals surface area contributed by atoms with Crippen LogP contribution in [0.15, 0.2) is 24.3 Å². The van der Waals surface area contributed by atoms with Gasteiger partial charge in [0.05, 0.1) is 12.6 Å². The quantitative estimate of drug-likeness (QED) is 0.432. The van der Waals surface area contributed by atoms with E-state index in [-0.39, 0.29) is 39.1 Å². The molecule has 0 aliphatic carbocycles. The number of carboxylic acid groups (broad SMARTS) is 1. The minimum Gasteiger partial charge on any atom is -0.480 e. The summed E-state index contributed by atoms with van der Waals surface area (Å²) in [5, 5.41) is 9.71. The number of carboxylic acids is 1. The van der Waals surface area contributed by atoms with Gasteiger partial charge in [0.1, 0.15) is 13.6 Å². The minimum atomic E-state index is -3.34. The number of aromatic carboxylic acids is 1. The zero-order valence-corrected chi connectivity index (χ0v) is 19.5. The molecule has 2 aromatic rings. The van der Waals surface area contributed by atoms with E-state index < -0.39 is 20.0 Å². The van der Waals surface area contributed by atoms with E-state index in [0.717, 1.165) is 0 Å². The first-order valence-electron chi connectivity index (χ1n) is 10.0. The van der Waals surface area contributed by atoms with Crippen molar-refractivity contribution in [3.05, 3.63) is 35.4 Å². The molecule has 1 aromatic carbocycles. The number of hydrogen-bond donors (Lipinski definition) is 1. The van der Waals surface area contributed by atoms with Crippen LogP contribution in [0.4, 0.5) is 8.78 Å². The lowest BCUT2D eigenvalue weighted by Crippen LogP contribution is -2.43. The number of nitrogens with zero attached hydrogens (tertiary/aromatic N) is 1. The molecule has 0 amide bonds. The van der Waals surface area contributed by atoms with Gasteiger partial charge in [0.2, 0.25) is 5.88 Å². The monoisotopic (exact) mass is 433 g/mol. The topological polar surface area (TPSA) is 59.4 Å². The van der Waals surface area contributed by atoms with Crippen molar-refractivity contribution in [3.63, 3.8) is 0 Å². The number of aromatic nitrogens is 1. The largest absolute Gasteiger partial charge is 0.480 e. The van der Waals surface area contributed by atoms with Crippen LogP contribution in [0.3, 0.4) is 0 Å². The lowest BCUT2D eigenvalue weighted by atomic mass is 10.1. The minimum absolute atomic E-state index is 0.118. The number of ether oxygens (including phenoxy) is 1. The molecular weight excluding hydrogens is 404 g/mol. The van der Waals surface area contributed by atoms with Crippen molar-refractivity contribution >= 4 is 24.9 Å². The Kier molecular flexibility index (Phi) is 6.93. The van der Waals surface area contributed by atoms with Gasteiger partial charge in [0, 0.05) is 10.9 Å². The summed E-state index contributed by atoms with van der Waals surface area (Å²) in [5.41, 5.74) is 3.67. The molecule has 1 aromatic heterocycles. The van der Waals surface area contributed by atoms with Crippen molar-refractivity contribution in [2.75, 3.05) is 7.11 Å². The zero-order chi connectivity index (χ0) is 22.9. The Bertz CT molecular complexity index is 985. The van der Waals surface area contributed by atoms with Crippen LogP contribution >= 0.6 is 0 Å².